The Hall–Kier alpha value is -0.120. The van der Waals surface area contributed by atoms with Crippen LogP contribution in [0.1, 0.15) is 41.0 Å². The maximum absolute atomic E-state index is 5.72. The second-order valence-corrected chi connectivity index (χ2v) is 6.71. The van der Waals surface area contributed by atoms with E-state index in [-0.39, 0.29) is 11.1 Å². The third-order valence-electron chi connectivity index (χ3n) is 3.96. The van der Waals surface area contributed by atoms with Gasteiger partial charge in [0.05, 0.1) is 0 Å². The highest BCUT2D eigenvalue weighted by Crippen LogP contribution is 2.29. The van der Waals surface area contributed by atoms with E-state index in [4.69, 9.17) is 5.73 Å². The first-order valence-electron chi connectivity index (χ1n) is 6.36. The standard InChI is InChI=1S/C13H29N3/c1-12(2,3)16-9-11(7-8-14)15(6)13(4,5)10-16/h11H,7-10,14H2,1-6H3. The van der Waals surface area contributed by atoms with E-state index in [1.807, 2.05) is 0 Å². The molecule has 0 bridgehead atoms. The number of rotatable bonds is 2. The summed E-state index contributed by atoms with van der Waals surface area (Å²) >= 11 is 0. The lowest BCUT2D eigenvalue weighted by Crippen LogP contribution is -2.66. The van der Waals surface area contributed by atoms with Crippen LogP contribution < -0.4 is 5.73 Å². The van der Waals surface area contributed by atoms with Gasteiger partial charge >= 0.3 is 0 Å². The molecule has 0 spiro atoms. The quantitative estimate of drug-likeness (QED) is 0.776. The van der Waals surface area contributed by atoms with E-state index in [9.17, 15) is 0 Å². The second-order valence-electron chi connectivity index (χ2n) is 6.71. The SMILES string of the molecule is CN1C(CCN)CN(C(C)(C)C)CC1(C)C. The first-order valence-corrected chi connectivity index (χ1v) is 6.36. The van der Waals surface area contributed by atoms with Gasteiger partial charge < -0.3 is 5.73 Å². The molecule has 2 N–H and O–H groups in total. The first kappa shape index (κ1) is 13.9. The van der Waals surface area contributed by atoms with Crippen molar-refractivity contribution in [1.29, 1.82) is 0 Å². The van der Waals surface area contributed by atoms with Gasteiger partial charge in [-0.2, -0.15) is 0 Å². The zero-order valence-electron chi connectivity index (χ0n) is 11.9. The van der Waals surface area contributed by atoms with Crippen molar-refractivity contribution >= 4 is 0 Å². The summed E-state index contributed by atoms with van der Waals surface area (Å²) in [7, 11) is 2.24. The molecule has 3 heteroatoms. The van der Waals surface area contributed by atoms with Crippen molar-refractivity contribution in [2.75, 3.05) is 26.7 Å². The lowest BCUT2D eigenvalue weighted by molar-refractivity contribution is -0.0443. The van der Waals surface area contributed by atoms with E-state index >= 15 is 0 Å². The molecule has 1 unspecified atom stereocenters. The molecule has 0 aromatic heterocycles. The van der Waals surface area contributed by atoms with Crippen LogP contribution in [0.4, 0.5) is 0 Å². The summed E-state index contributed by atoms with van der Waals surface area (Å²) in [6.07, 6.45) is 1.09. The van der Waals surface area contributed by atoms with Gasteiger partial charge in [-0.05, 0) is 54.6 Å². The van der Waals surface area contributed by atoms with Gasteiger partial charge in [0, 0.05) is 30.2 Å². The Morgan fingerprint density at radius 2 is 1.88 bits per heavy atom. The predicted octanol–water partition coefficient (Wildman–Crippen LogP) is 1.53. The third kappa shape index (κ3) is 2.96. The minimum absolute atomic E-state index is 0.241. The van der Waals surface area contributed by atoms with E-state index in [2.05, 4.69) is 51.5 Å². The summed E-state index contributed by atoms with van der Waals surface area (Å²) in [5.74, 6) is 0. The highest BCUT2D eigenvalue weighted by molar-refractivity contribution is 4.97. The topological polar surface area (TPSA) is 32.5 Å². The van der Waals surface area contributed by atoms with Crippen molar-refractivity contribution in [1.82, 2.24) is 9.80 Å². The van der Waals surface area contributed by atoms with Gasteiger partial charge in [-0.25, -0.2) is 0 Å². The van der Waals surface area contributed by atoms with E-state index < -0.39 is 0 Å². The minimum atomic E-state index is 0.241. The Morgan fingerprint density at radius 3 is 2.31 bits per heavy atom. The molecule has 1 aliphatic heterocycles. The molecule has 0 amide bonds. The Bertz CT molecular complexity index is 230. The molecular weight excluding hydrogens is 198 g/mol. The predicted molar refractivity (Wildman–Crippen MR) is 70.6 cm³/mol. The summed E-state index contributed by atoms with van der Waals surface area (Å²) in [6, 6.07) is 0.591. The number of nitrogens with two attached hydrogens (primary N) is 1. The van der Waals surface area contributed by atoms with Gasteiger partial charge in [0.15, 0.2) is 0 Å². The van der Waals surface area contributed by atoms with Gasteiger partial charge in [-0.3, -0.25) is 9.80 Å². The Kier molecular flexibility index (Phi) is 4.04. The van der Waals surface area contributed by atoms with Crippen LogP contribution in [0.15, 0.2) is 0 Å². The summed E-state index contributed by atoms with van der Waals surface area (Å²) in [4.78, 5) is 5.09. The second kappa shape index (κ2) is 4.63. The van der Waals surface area contributed by atoms with Gasteiger partial charge in [-0.15, -0.1) is 0 Å². The molecule has 0 aromatic rings. The minimum Gasteiger partial charge on any atom is -0.330 e. The van der Waals surface area contributed by atoms with E-state index in [0.717, 1.165) is 26.1 Å². The molecule has 0 saturated carbocycles. The van der Waals surface area contributed by atoms with Crippen molar-refractivity contribution in [3.63, 3.8) is 0 Å². The van der Waals surface area contributed by atoms with Crippen molar-refractivity contribution in [3.8, 4) is 0 Å². The Labute approximate surface area is 101 Å². The number of hydrogen-bond acceptors (Lipinski definition) is 3. The lowest BCUT2D eigenvalue weighted by Gasteiger charge is -2.54. The maximum Gasteiger partial charge on any atom is 0.0280 e. The fraction of sp³-hybridized carbons (Fsp3) is 1.00. The van der Waals surface area contributed by atoms with Crippen LogP contribution in [0.3, 0.4) is 0 Å². The van der Waals surface area contributed by atoms with E-state index in [0.29, 0.717) is 6.04 Å². The average Bonchev–Trinajstić information content (AvgIpc) is 2.11. The van der Waals surface area contributed by atoms with Crippen LogP contribution in [0.5, 0.6) is 0 Å². The molecule has 1 atom stereocenters. The smallest absolute Gasteiger partial charge is 0.0280 e. The molecule has 0 radical (unpaired) electrons. The molecule has 1 fully saturated rings. The average molecular weight is 227 g/mol. The van der Waals surface area contributed by atoms with Gasteiger partial charge in [0.1, 0.15) is 0 Å². The normalized spacial score (nSPS) is 28.3. The Morgan fingerprint density at radius 1 is 1.31 bits per heavy atom. The zero-order chi connectivity index (χ0) is 12.6. The number of piperazine rings is 1. The number of likely N-dealkylation sites (N-methyl/N-ethyl adjacent to an activating group) is 1. The van der Waals surface area contributed by atoms with Crippen molar-refractivity contribution in [3.05, 3.63) is 0 Å². The van der Waals surface area contributed by atoms with Crippen LogP contribution in [0.25, 0.3) is 0 Å². The summed E-state index contributed by atoms with van der Waals surface area (Å²) in [5.41, 5.74) is 6.22. The van der Waals surface area contributed by atoms with Crippen molar-refractivity contribution in [2.24, 2.45) is 5.73 Å². The number of nitrogens with zero attached hydrogens (tertiary/aromatic N) is 2. The highest BCUT2D eigenvalue weighted by Gasteiger charge is 2.40. The molecule has 3 nitrogen and oxygen atoms in total. The maximum atomic E-state index is 5.72. The first-order chi connectivity index (χ1) is 7.18. The lowest BCUT2D eigenvalue weighted by atomic mass is 9.90. The van der Waals surface area contributed by atoms with Crippen molar-refractivity contribution < 1.29 is 0 Å². The summed E-state index contributed by atoms with van der Waals surface area (Å²) in [6.45, 7) is 14.6. The molecule has 1 heterocycles. The van der Waals surface area contributed by atoms with E-state index in [1.165, 1.54) is 0 Å². The fourth-order valence-corrected chi connectivity index (χ4v) is 2.50. The number of hydrogen-bond donors (Lipinski definition) is 1. The monoisotopic (exact) mass is 227 g/mol. The van der Waals surface area contributed by atoms with Crippen molar-refractivity contribution in [2.45, 2.75) is 58.2 Å². The summed E-state index contributed by atoms with van der Waals surface area (Å²) in [5, 5.41) is 0. The summed E-state index contributed by atoms with van der Waals surface area (Å²) < 4.78 is 0. The third-order valence-corrected chi connectivity index (χ3v) is 3.96. The van der Waals surface area contributed by atoms with Gasteiger partial charge in [0.2, 0.25) is 0 Å². The van der Waals surface area contributed by atoms with Crippen LogP contribution in [0, 0.1) is 0 Å². The van der Waals surface area contributed by atoms with Gasteiger partial charge in [-0.1, -0.05) is 0 Å². The highest BCUT2D eigenvalue weighted by atomic mass is 15.3. The molecule has 1 saturated heterocycles. The molecule has 16 heavy (non-hydrogen) atoms. The van der Waals surface area contributed by atoms with Crippen LogP contribution in [-0.2, 0) is 0 Å². The van der Waals surface area contributed by atoms with Gasteiger partial charge in [0.25, 0.3) is 0 Å². The molecule has 1 rings (SSSR count). The zero-order valence-corrected chi connectivity index (χ0v) is 11.9. The van der Waals surface area contributed by atoms with E-state index in [1.54, 1.807) is 0 Å². The molecule has 0 aliphatic carbocycles. The molecule has 1 aliphatic rings. The Balaban J connectivity index is 2.82. The molecular formula is C13H29N3. The molecule has 96 valence electrons. The van der Waals surface area contributed by atoms with Crippen LogP contribution in [-0.4, -0.2) is 53.6 Å². The molecule has 0 aromatic carbocycles. The van der Waals surface area contributed by atoms with Crippen LogP contribution in [0.2, 0.25) is 0 Å². The van der Waals surface area contributed by atoms with Crippen LogP contribution >= 0.6 is 0 Å². The largest absolute Gasteiger partial charge is 0.330 e. The fourth-order valence-electron chi connectivity index (χ4n) is 2.50.